The molecule has 0 aromatic heterocycles. The molecule has 74 valence electrons. The van der Waals surface area contributed by atoms with E-state index in [4.69, 9.17) is 11.7 Å². The standard InChI is InChI=1S/C10H5NO4/c1-11-7(10(14)15)4-6-2-3-8(12)9(13)5-6/h2-5H,(H,14,15)/b7-4+. The van der Waals surface area contributed by atoms with Crippen molar-refractivity contribution in [3.05, 3.63) is 47.0 Å². The van der Waals surface area contributed by atoms with Crippen molar-refractivity contribution in [1.29, 1.82) is 0 Å². The number of allylic oxidation sites excluding steroid dienone is 5. The number of hydrogen-bond donors (Lipinski definition) is 1. The monoisotopic (exact) mass is 203 g/mol. The fraction of sp³-hybridized carbons (Fsp3) is 0. The lowest BCUT2D eigenvalue weighted by molar-refractivity contribution is -0.132. The first-order valence-electron chi connectivity index (χ1n) is 3.85. The molecule has 0 unspecified atom stereocenters. The fourth-order valence-electron chi connectivity index (χ4n) is 0.914. The molecule has 15 heavy (non-hydrogen) atoms. The number of ketones is 2. The fourth-order valence-corrected chi connectivity index (χ4v) is 0.914. The number of nitrogens with zero attached hydrogens (tertiary/aromatic N) is 1. The first-order valence-corrected chi connectivity index (χ1v) is 3.85. The third-order valence-electron chi connectivity index (χ3n) is 1.61. The van der Waals surface area contributed by atoms with Crippen molar-refractivity contribution in [3.8, 4) is 0 Å². The van der Waals surface area contributed by atoms with Gasteiger partial charge in [0.15, 0.2) is 0 Å². The number of carbonyl (C=O) groups excluding carboxylic acids is 2. The minimum Gasteiger partial charge on any atom is -0.486 e. The summed E-state index contributed by atoms with van der Waals surface area (Å²) in [6, 6.07) is 0. The normalized spacial score (nSPS) is 15.9. The molecule has 0 atom stereocenters. The van der Waals surface area contributed by atoms with Crippen LogP contribution < -0.4 is 0 Å². The van der Waals surface area contributed by atoms with Crippen molar-refractivity contribution in [3.63, 3.8) is 0 Å². The maximum Gasteiger partial charge on any atom is 0.333 e. The Labute approximate surface area is 84.8 Å². The summed E-state index contributed by atoms with van der Waals surface area (Å²) >= 11 is 0. The summed E-state index contributed by atoms with van der Waals surface area (Å²) in [5.74, 6) is -2.76. The molecule has 5 nitrogen and oxygen atoms in total. The molecule has 5 heteroatoms. The van der Waals surface area contributed by atoms with Crippen molar-refractivity contribution >= 4 is 17.5 Å². The number of carboxylic acids is 1. The molecular weight excluding hydrogens is 198 g/mol. The molecule has 0 saturated heterocycles. The lowest BCUT2D eigenvalue weighted by Crippen LogP contribution is -2.11. The Bertz CT molecular complexity index is 474. The molecule has 0 aromatic carbocycles. The molecule has 0 aromatic rings. The van der Waals surface area contributed by atoms with E-state index in [2.05, 4.69) is 4.85 Å². The number of rotatable bonds is 2. The molecule has 0 spiro atoms. The van der Waals surface area contributed by atoms with E-state index in [1.807, 2.05) is 0 Å². The topological polar surface area (TPSA) is 75.8 Å². The van der Waals surface area contributed by atoms with Crippen LogP contribution in [0.25, 0.3) is 4.85 Å². The summed E-state index contributed by atoms with van der Waals surface area (Å²) in [6.07, 6.45) is 4.36. The van der Waals surface area contributed by atoms with Crippen LogP contribution in [-0.4, -0.2) is 22.6 Å². The average molecular weight is 203 g/mol. The molecule has 1 rings (SSSR count). The Balaban J connectivity index is 3.04. The van der Waals surface area contributed by atoms with Crippen molar-refractivity contribution in [2.75, 3.05) is 0 Å². The molecule has 1 N–H and O–H groups in total. The maximum atomic E-state index is 10.9. The van der Waals surface area contributed by atoms with Crippen LogP contribution in [0.4, 0.5) is 0 Å². The highest BCUT2D eigenvalue weighted by molar-refractivity contribution is 6.46. The quantitative estimate of drug-likeness (QED) is 0.307. The Kier molecular flexibility index (Phi) is 2.94. The summed E-state index contributed by atoms with van der Waals surface area (Å²) < 4.78 is 0. The lowest BCUT2D eigenvalue weighted by Gasteiger charge is -1.99. The van der Waals surface area contributed by atoms with Gasteiger partial charge in [0.25, 0.3) is 5.70 Å². The zero-order valence-corrected chi connectivity index (χ0v) is 7.43. The third kappa shape index (κ3) is 2.48. The SMILES string of the molecule is [C-]#[N+]/C(=C/C1=CC(=O)C(=O)C=C1)C(=O)O. The molecule has 1 aliphatic carbocycles. The van der Waals surface area contributed by atoms with Crippen LogP contribution in [-0.2, 0) is 14.4 Å². The van der Waals surface area contributed by atoms with Crippen LogP contribution in [0, 0.1) is 6.57 Å². The third-order valence-corrected chi connectivity index (χ3v) is 1.61. The molecule has 0 fully saturated rings. The minimum atomic E-state index is -1.37. The van der Waals surface area contributed by atoms with Gasteiger partial charge in [-0.3, -0.25) is 14.4 Å². The second kappa shape index (κ2) is 4.15. The minimum absolute atomic E-state index is 0.230. The van der Waals surface area contributed by atoms with Gasteiger partial charge in [-0.05, 0) is 23.8 Å². The number of carbonyl (C=O) groups is 3. The lowest BCUT2D eigenvalue weighted by atomic mass is 10.0. The van der Waals surface area contributed by atoms with E-state index in [0.717, 1.165) is 18.2 Å². The Morgan fingerprint density at radius 2 is 2.00 bits per heavy atom. The smallest absolute Gasteiger partial charge is 0.333 e. The average Bonchev–Trinajstić information content (AvgIpc) is 2.19. The van der Waals surface area contributed by atoms with Gasteiger partial charge in [0, 0.05) is 0 Å². The van der Waals surface area contributed by atoms with E-state index >= 15 is 0 Å². The van der Waals surface area contributed by atoms with Gasteiger partial charge in [-0.15, -0.1) is 0 Å². The molecule has 0 heterocycles. The van der Waals surface area contributed by atoms with Crippen LogP contribution in [0.2, 0.25) is 0 Å². The molecule has 0 amide bonds. The molecule has 0 radical (unpaired) electrons. The first kappa shape index (κ1) is 10.6. The molecule has 0 saturated carbocycles. The van der Waals surface area contributed by atoms with Gasteiger partial charge in [0.1, 0.15) is 0 Å². The van der Waals surface area contributed by atoms with Crippen LogP contribution >= 0.6 is 0 Å². The van der Waals surface area contributed by atoms with Gasteiger partial charge >= 0.3 is 5.97 Å². The first-order chi connectivity index (χ1) is 7.04. The highest BCUT2D eigenvalue weighted by Crippen LogP contribution is 2.10. The molecule has 0 aliphatic heterocycles. The summed E-state index contributed by atoms with van der Waals surface area (Å²) in [6.45, 7) is 6.57. The zero-order chi connectivity index (χ0) is 11.4. The van der Waals surface area contributed by atoms with Crippen molar-refractivity contribution in [2.45, 2.75) is 0 Å². The van der Waals surface area contributed by atoms with Crippen LogP contribution in [0.3, 0.4) is 0 Å². The van der Waals surface area contributed by atoms with E-state index in [9.17, 15) is 14.4 Å². The number of aliphatic carboxylic acids is 1. The van der Waals surface area contributed by atoms with E-state index < -0.39 is 23.2 Å². The summed E-state index contributed by atoms with van der Waals surface area (Å²) in [5, 5.41) is 8.54. The molecule has 0 bridgehead atoms. The Hall–Kier alpha value is -2.48. The Morgan fingerprint density at radius 3 is 2.47 bits per heavy atom. The Morgan fingerprint density at radius 1 is 1.33 bits per heavy atom. The molecule has 1 aliphatic rings. The van der Waals surface area contributed by atoms with Gasteiger partial charge in [0.05, 0.1) is 6.57 Å². The van der Waals surface area contributed by atoms with Crippen LogP contribution in [0.15, 0.2) is 35.6 Å². The van der Waals surface area contributed by atoms with Gasteiger partial charge in [-0.2, -0.15) is 0 Å². The number of carboxylic acid groups (broad SMARTS) is 1. The second-order valence-electron chi connectivity index (χ2n) is 2.65. The molecular formula is C10H5NO4. The van der Waals surface area contributed by atoms with Crippen molar-refractivity contribution in [2.24, 2.45) is 0 Å². The van der Waals surface area contributed by atoms with Crippen molar-refractivity contribution < 1.29 is 19.5 Å². The maximum absolute atomic E-state index is 10.9. The predicted octanol–water partition coefficient (Wildman–Crippen LogP) is 0.509. The summed E-state index contributed by atoms with van der Waals surface area (Å²) in [7, 11) is 0. The zero-order valence-electron chi connectivity index (χ0n) is 7.43. The summed E-state index contributed by atoms with van der Waals surface area (Å²) in [5.41, 5.74) is -0.277. The van der Waals surface area contributed by atoms with Crippen LogP contribution in [0.1, 0.15) is 0 Å². The van der Waals surface area contributed by atoms with Gasteiger partial charge in [0.2, 0.25) is 11.6 Å². The van der Waals surface area contributed by atoms with E-state index in [1.165, 1.54) is 6.08 Å². The van der Waals surface area contributed by atoms with Gasteiger partial charge < -0.3 is 5.11 Å². The highest BCUT2D eigenvalue weighted by atomic mass is 16.4. The predicted molar refractivity (Wildman–Crippen MR) is 49.6 cm³/mol. The van der Waals surface area contributed by atoms with E-state index in [1.54, 1.807) is 0 Å². The van der Waals surface area contributed by atoms with Gasteiger partial charge in [-0.25, -0.2) is 4.85 Å². The van der Waals surface area contributed by atoms with E-state index in [-0.39, 0.29) is 5.57 Å². The largest absolute Gasteiger partial charge is 0.486 e. The highest BCUT2D eigenvalue weighted by Gasteiger charge is 2.14. The summed E-state index contributed by atoms with van der Waals surface area (Å²) in [4.78, 5) is 34.9. The van der Waals surface area contributed by atoms with Crippen molar-refractivity contribution in [1.82, 2.24) is 0 Å². The van der Waals surface area contributed by atoms with E-state index in [0.29, 0.717) is 0 Å². The second-order valence-corrected chi connectivity index (χ2v) is 2.65. The van der Waals surface area contributed by atoms with Crippen LogP contribution in [0.5, 0.6) is 0 Å². The van der Waals surface area contributed by atoms with Gasteiger partial charge in [-0.1, -0.05) is 6.08 Å². The number of hydrogen-bond acceptors (Lipinski definition) is 3.